The largest absolute Gasteiger partial charge is 0.492 e. The van der Waals surface area contributed by atoms with E-state index in [1.54, 1.807) is 12.1 Å². The van der Waals surface area contributed by atoms with E-state index >= 15 is 0 Å². The van der Waals surface area contributed by atoms with Crippen LogP contribution in [0.15, 0.2) is 18.2 Å². The van der Waals surface area contributed by atoms with Crippen LogP contribution in [0, 0.1) is 5.82 Å². The molecule has 4 heteroatoms. The lowest BCUT2D eigenvalue weighted by Crippen LogP contribution is -2.39. The molecular formula is C17H29FN2O. The van der Waals surface area contributed by atoms with Crippen molar-refractivity contribution in [1.29, 1.82) is 0 Å². The van der Waals surface area contributed by atoms with Gasteiger partial charge in [-0.15, -0.1) is 0 Å². The SMILES string of the molecule is CNC(C)c1cc(F)ccc1OCCN(C(C)C)C(C)C. The smallest absolute Gasteiger partial charge is 0.124 e. The number of benzene rings is 1. The molecule has 1 aromatic rings. The molecule has 1 N–H and O–H groups in total. The molecule has 0 fully saturated rings. The normalized spacial score (nSPS) is 13.2. The second-order valence-electron chi connectivity index (χ2n) is 5.97. The van der Waals surface area contributed by atoms with Crippen LogP contribution >= 0.6 is 0 Å². The summed E-state index contributed by atoms with van der Waals surface area (Å²) in [6.45, 7) is 12.2. The molecule has 0 amide bonds. The Balaban J connectivity index is 2.71. The highest BCUT2D eigenvalue weighted by Crippen LogP contribution is 2.26. The molecule has 0 aliphatic rings. The minimum absolute atomic E-state index is 0.0574. The van der Waals surface area contributed by atoms with Crippen molar-refractivity contribution < 1.29 is 9.13 Å². The Morgan fingerprint density at radius 1 is 1.14 bits per heavy atom. The third-order valence-electron chi connectivity index (χ3n) is 3.80. The topological polar surface area (TPSA) is 24.5 Å². The van der Waals surface area contributed by atoms with Crippen LogP contribution in [0.2, 0.25) is 0 Å². The fourth-order valence-electron chi connectivity index (χ4n) is 2.52. The first-order chi connectivity index (χ1) is 9.86. The van der Waals surface area contributed by atoms with Crippen LogP contribution in [-0.4, -0.2) is 37.2 Å². The number of nitrogens with zero attached hydrogens (tertiary/aromatic N) is 1. The Labute approximate surface area is 128 Å². The Bertz CT molecular complexity index is 427. The van der Waals surface area contributed by atoms with Crippen LogP contribution in [0.1, 0.15) is 46.2 Å². The minimum Gasteiger partial charge on any atom is -0.492 e. The molecule has 0 saturated heterocycles. The zero-order valence-electron chi connectivity index (χ0n) is 14.1. The summed E-state index contributed by atoms with van der Waals surface area (Å²) >= 11 is 0. The lowest BCUT2D eigenvalue weighted by atomic mass is 10.1. The third kappa shape index (κ3) is 5.29. The maximum atomic E-state index is 13.4. The van der Waals surface area contributed by atoms with E-state index in [0.717, 1.165) is 17.9 Å². The molecule has 0 bridgehead atoms. The van der Waals surface area contributed by atoms with Gasteiger partial charge in [-0.25, -0.2) is 4.39 Å². The van der Waals surface area contributed by atoms with Crippen molar-refractivity contribution >= 4 is 0 Å². The van der Waals surface area contributed by atoms with Crippen molar-refractivity contribution in [3.05, 3.63) is 29.6 Å². The Morgan fingerprint density at radius 3 is 2.29 bits per heavy atom. The average molecular weight is 296 g/mol. The molecule has 21 heavy (non-hydrogen) atoms. The van der Waals surface area contributed by atoms with E-state index in [1.807, 2.05) is 14.0 Å². The first kappa shape index (κ1) is 17.9. The van der Waals surface area contributed by atoms with Crippen LogP contribution in [0.3, 0.4) is 0 Å². The van der Waals surface area contributed by atoms with Gasteiger partial charge in [0.1, 0.15) is 18.2 Å². The molecule has 1 rings (SSSR count). The Kier molecular flexibility index (Phi) is 7.12. The predicted molar refractivity (Wildman–Crippen MR) is 86.3 cm³/mol. The fraction of sp³-hybridized carbons (Fsp3) is 0.647. The maximum absolute atomic E-state index is 13.4. The molecule has 1 unspecified atom stereocenters. The molecule has 0 aromatic heterocycles. The number of rotatable bonds is 8. The lowest BCUT2D eigenvalue weighted by molar-refractivity contribution is 0.141. The highest BCUT2D eigenvalue weighted by atomic mass is 19.1. The molecular weight excluding hydrogens is 267 g/mol. The van der Waals surface area contributed by atoms with Crippen LogP contribution in [0.25, 0.3) is 0 Å². The van der Waals surface area contributed by atoms with E-state index in [4.69, 9.17) is 4.74 Å². The Morgan fingerprint density at radius 2 is 1.76 bits per heavy atom. The zero-order chi connectivity index (χ0) is 16.0. The van der Waals surface area contributed by atoms with Gasteiger partial charge in [0.25, 0.3) is 0 Å². The van der Waals surface area contributed by atoms with Gasteiger partial charge in [-0.2, -0.15) is 0 Å². The van der Waals surface area contributed by atoms with E-state index in [9.17, 15) is 4.39 Å². The van der Waals surface area contributed by atoms with Gasteiger partial charge in [0.2, 0.25) is 0 Å². The summed E-state index contributed by atoms with van der Waals surface area (Å²) in [6.07, 6.45) is 0. The van der Waals surface area contributed by atoms with E-state index in [1.165, 1.54) is 6.07 Å². The molecule has 0 aliphatic heterocycles. The second-order valence-corrected chi connectivity index (χ2v) is 5.97. The quantitative estimate of drug-likeness (QED) is 0.793. The summed E-state index contributed by atoms with van der Waals surface area (Å²) in [7, 11) is 1.86. The molecule has 0 radical (unpaired) electrons. The van der Waals surface area contributed by atoms with Crippen molar-refractivity contribution in [2.24, 2.45) is 0 Å². The van der Waals surface area contributed by atoms with Gasteiger partial charge >= 0.3 is 0 Å². The van der Waals surface area contributed by atoms with Crippen LogP contribution in [0.4, 0.5) is 4.39 Å². The van der Waals surface area contributed by atoms with Gasteiger partial charge in [-0.3, -0.25) is 4.90 Å². The molecule has 0 spiro atoms. The van der Waals surface area contributed by atoms with Gasteiger partial charge in [0.05, 0.1) is 0 Å². The van der Waals surface area contributed by atoms with Crippen LogP contribution in [-0.2, 0) is 0 Å². The average Bonchev–Trinajstić information content (AvgIpc) is 2.42. The van der Waals surface area contributed by atoms with Gasteiger partial charge in [-0.05, 0) is 59.9 Å². The molecule has 3 nitrogen and oxygen atoms in total. The van der Waals surface area contributed by atoms with E-state index in [2.05, 4.69) is 37.9 Å². The highest BCUT2D eigenvalue weighted by Gasteiger charge is 2.15. The number of halogens is 1. The molecule has 120 valence electrons. The summed E-state index contributed by atoms with van der Waals surface area (Å²) < 4.78 is 19.3. The van der Waals surface area contributed by atoms with E-state index in [0.29, 0.717) is 18.7 Å². The number of hydrogen-bond acceptors (Lipinski definition) is 3. The van der Waals surface area contributed by atoms with Crippen molar-refractivity contribution in [3.8, 4) is 5.75 Å². The molecule has 0 heterocycles. The lowest BCUT2D eigenvalue weighted by Gasteiger charge is -2.30. The van der Waals surface area contributed by atoms with Gasteiger partial charge in [0.15, 0.2) is 0 Å². The summed E-state index contributed by atoms with van der Waals surface area (Å²) in [5, 5.41) is 3.13. The van der Waals surface area contributed by atoms with Gasteiger partial charge in [0, 0.05) is 30.2 Å². The summed E-state index contributed by atoms with van der Waals surface area (Å²) in [5.41, 5.74) is 0.859. The first-order valence-corrected chi connectivity index (χ1v) is 7.72. The maximum Gasteiger partial charge on any atom is 0.124 e. The predicted octanol–water partition coefficient (Wildman–Crippen LogP) is 3.60. The molecule has 0 saturated carbocycles. The van der Waals surface area contributed by atoms with Crippen molar-refractivity contribution in [2.75, 3.05) is 20.2 Å². The molecule has 1 atom stereocenters. The fourth-order valence-corrected chi connectivity index (χ4v) is 2.52. The van der Waals surface area contributed by atoms with E-state index < -0.39 is 0 Å². The number of hydrogen-bond donors (Lipinski definition) is 1. The Hall–Kier alpha value is -1.13. The van der Waals surface area contributed by atoms with Crippen LogP contribution < -0.4 is 10.1 Å². The van der Waals surface area contributed by atoms with Gasteiger partial charge < -0.3 is 10.1 Å². The second kappa shape index (κ2) is 8.35. The van der Waals surface area contributed by atoms with Crippen LogP contribution in [0.5, 0.6) is 5.75 Å². The van der Waals surface area contributed by atoms with Crippen molar-refractivity contribution in [2.45, 2.75) is 52.7 Å². The minimum atomic E-state index is -0.231. The molecule has 0 aliphatic carbocycles. The van der Waals surface area contributed by atoms with Gasteiger partial charge in [-0.1, -0.05) is 0 Å². The number of ether oxygens (including phenoxy) is 1. The molecule has 1 aromatic carbocycles. The monoisotopic (exact) mass is 296 g/mol. The summed E-state index contributed by atoms with van der Waals surface area (Å²) in [5.74, 6) is 0.524. The summed E-state index contributed by atoms with van der Waals surface area (Å²) in [6, 6.07) is 5.73. The highest BCUT2D eigenvalue weighted by molar-refractivity contribution is 5.36. The zero-order valence-corrected chi connectivity index (χ0v) is 14.1. The standard InChI is InChI=1S/C17H29FN2O/c1-12(2)20(13(3)4)9-10-21-17-8-7-15(18)11-16(17)14(5)19-6/h7-8,11-14,19H,9-10H2,1-6H3. The summed E-state index contributed by atoms with van der Waals surface area (Å²) in [4.78, 5) is 2.38. The third-order valence-corrected chi connectivity index (χ3v) is 3.80. The van der Waals surface area contributed by atoms with E-state index in [-0.39, 0.29) is 11.9 Å². The van der Waals surface area contributed by atoms with Crippen molar-refractivity contribution in [3.63, 3.8) is 0 Å². The number of nitrogens with one attached hydrogen (secondary N) is 1. The van der Waals surface area contributed by atoms with Crippen molar-refractivity contribution in [1.82, 2.24) is 10.2 Å². The first-order valence-electron chi connectivity index (χ1n) is 7.72.